The van der Waals surface area contributed by atoms with Gasteiger partial charge in [0.2, 0.25) is 0 Å². The number of aryl methyl sites for hydroxylation is 1. The molecule has 0 aromatic heterocycles. The van der Waals surface area contributed by atoms with Gasteiger partial charge in [0.1, 0.15) is 0 Å². The van der Waals surface area contributed by atoms with Crippen molar-refractivity contribution in [2.75, 3.05) is 20.3 Å². The minimum Gasteiger partial charge on any atom is -0.382 e. The molecule has 15 heavy (non-hydrogen) atoms. The van der Waals surface area contributed by atoms with Crippen LogP contribution >= 0.6 is 0 Å². The van der Waals surface area contributed by atoms with Crippen molar-refractivity contribution in [2.24, 2.45) is 0 Å². The Balaban J connectivity index is 2.57. The molecule has 2 nitrogen and oxygen atoms in total. The maximum Gasteiger partial charge on any atom is 0.0484 e. The first kappa shape index (κ1) is 12.2. The molecule has 0 saturated heterocycles. The van der Waals surface area contributed by atoms with E-state index in [1.165, 1.54) is 11.1 Å². The summed E-state index contributed by atoms with van der Waals surface area (Å²) < 4.78 is 5.38. The molecule has 0 amide bonds. The van der Waals surface area contributed by atoms with Gasteiger partial charge in [-0.2, -0.15) is 0 Å². The fourth-order valence-corrected chi connectivity index (χ4v) is 1.71. The first-order valence-corrected chi connectivity index (χ1v) is 5.59. The highest BCUT2D eigenvalue weighted by molar-refractivity contribution is 5.24. The van der Waals surface area contributed by atoms with Gasteiger partial charge in [0, 0.05) is 19.3 Å². The van der Waals surface area contributed by atoms with Crippen LogP contribution in [-0.2, 0) is 4.74 Å². The van der Waals surface area contributed by atoms with Crippen molar-refractivity contribution < 1.29 is 4.74 Å². The maximum absolute atomic E-state index is 5.38. The van der Waals surface area contributed by atoms with E-state index in [9.17, 15) is 0 Å². The van der Waals surface area contributed by atoms with Crippen LogP contribution in [0.5, 0.6) is 0 Å². The largest absolute Gasteiger partial charge is 0.382 e. The normalized spacial score (nSPS) is 12.7. The summed E-state index contributed by atoms with van der Waals surface area (Å²) in [7, 11) is 2.00. The first-order valence-electron chi connectivity index (χ1n) is 5.59. The topological polar surface area (TPSA) is 21.3 Å². The Bertz CT molecular complexity index is 286. The highest BCUT2D eigenvalue weighted by Crippen LogP contribution is 2.17. The molecular formula is C13H21NO. The number of benzene rings is 1. The first-order chi connectivity index (χ1) is 7.27. The van der Waals surface area contributed by atoms with Gasteiger partial charge in [0.25, 0.3) is 0 Å². The van der Waals surface area contributed by atoms with E-state index >= 15 is 0 Å². The lowest BCUT2D eigenvalue weighted by atomic mass is 10.0. The molecule has 0 saturated carbocycles. The molecule has 84 valence electrons. The average molecular weight is 207 g/mol. The standard InChI is InChI=1S/C13H21NO/c1-4-15-9-8-13(14-3)12-7-5-6-11(2)10-12/h5-7,10,13-14H,4,8-9H2,1-3H3. The summed E-state index contributed by atoms with van der Waals surface area (Å²) in [5.41, 5.74) is 2.65. The molecule has 1 N–H and O–H groups in total. The van der Waals surface area contributed by atoms with E-state index in [-0.39, 0.29) is 0 Å². The summed E-state index contributed by atoms with van der Waals surface area (Å²) in [4.78, 5) is 0. The predicted octanol–water partition coefficient (Wildman–Crippen LogP) is 2.68. The summed E-state index contributed by atoms with van der Waals surface area (Å²) >= 11 is 0. The summed E-state index contributed by atoms with van der Waals surface area (Å²) in [6, 6.07) is 9.03. The zero-order valence-electron chi connectivity index (χ0n) is 9.92. The summed E-state index contributed by atoms with van der Waals surface area (Å²) in [5, 5.41) is 3.32. The maximum atomic E-state index is 5.38. The van der Waals surface area contributed by atoms with E-state index < -0.39 is 0 Å². The third-order valence-electron chi connectivity index (χ3n) is 2.55. The van der Waals surface area contributed by atoms with Crippen molar-refractivity contribution >= 4 is 0 Å². The predicted molar refractivity (Wildman–Crippen MR) is 64.1 cm³/mol. The second kappa shape index (κ2) is 6.59. The van der Waals surface area contributed by atoms with Crippen molar-refractivity contribution in [3.05, 3.63) is 35.4 Å². The zero-order valence-corrected chi connectivity index (χ0v) is 9.92. The molecule has 1 aromatic carbocycles. The van der Waals surface area contributed by atoms with E-state index in [1.54, 1.807) is 0 Å². The fourth-order valence-electron chi connectivity index (χ4n) is 1.71. The number of hydrogen-bond acceptors (Lipinski definition) is 2. The van der Waals surface area contributed by atoms with Gasteiger partial charge in [-0.1, -0.05) is 29.8 Å². The molecule has 2 heteroatoms. The van der Waals surface area contributed by atoms with E-state index in [4.69, 9.17) is 4.74 Å². The number of ether oxygens (including phenoxy) is 1. The molecular weight excluding hydrogens is 186 g/mol. The van der Waals surface area contributed by atoms with Crippen molar-refractivity contribution in [1.29, 1.82) is 0 Å². The average Bonchev–Trinajstić information content (AvgIpc) is 2.24. The highest BCUT2D eigenvalue weighted by Gasteiger charge is 2.08. The number of rotatable bonds is 6. The Morgan fingerprint density at radius 2 is 2.20 bits per heavy atom. The summed E-state index contributed by atoms with van der Waals surface area (Å²) in [6.07, 6.45) is 1.02. The van der Waals surface area contributed by atoms with Crippen molar-refractivity contribution in [2.45, 2.75) is 26.3 Å². The van der Waals surface area contributed by atoms with Crippen LogP contribution in [0, 0.1) is 6.92 Å². The second-order valence-electron chi connectivity index (χ2n) is 3.74. The monoisotopic (exact) mass is 207 g/mol. The summed E-state index contributed by atoms with van der Waals surface area (Å²) in [6.45, 7) is 5.76. The minimum atomic E-state index is 0.399. The Hall–Kier alpha value is -0.860. The van der Waals surface area contributed by atoms with E-state index in [2.05, 4.69) is 36.5 Å². The minimum absolute atomic E-state index is 0.399. The van der Waals surface area contributed by atoms with Crippen LogP contribution in [0.2, 0.25) is 0 Å². The molecule has 0 spiro atoms. The molecule has 1 unspecified atom stereocenters. The Kier molecular flexibility index (Phi) is 5.37. The van der Waals surface area contributed by atoms with Crippen molar-refractivity contribution in [3.63, 3.8) is 0 Å². The molecule has 1 atom stereocenters. The molecule has 0 heterocycles. The van der Waals surface area contributed by atoms with Crippen molar-refractivity contribution in [3.8, 4) is 0 Å². The molecule has 0 aliphatic carbocycles. The van der Waals surface area contributed by atoms with E-state index in [0.717, 1.165) is 19.6 Å². The van der Waals surface area contributed by atoms with Crippen LogP contribution in [-0.4, -0.2) is 20.3 Å². The summed E-state index contributed by atoms with van der Waals surface area (Å²) in [5.74, 6) is 0. The van der Waals surface area contributed by atoms with Gasteiger partial charge in [0.15, 0.2) is 0 Å². The Labute approximate surface area is 92.6 Å². The van der Waals surface area contributed by atoms with Crippen LogP contribution in [0.1, 0.15) is 30.5 Å². The lowest BCUT2D eigenvalue weighted by Crippen LogP contribution is -2.18. The lowest BCUT2D eigenvalue weighted by Gasteiger charge is -2.16. The molecule has 0 aliphatic rings. The van der Waals surface area contributed by atoms with Crippen molar-refractivity contribution in [1.82, 2.24) is 5.32 Å². The molecule has 0 bridgehead atoms. The Morgan fingerprint density at radius 1 is 1.40 bits per heavy atom. The molecule has 0 radical (unpaired) electrons. The van der Waals surface area contributed by atoms with E-state index in [0.29, 0.717) is 6.04 Å². The number of hydrogen-bond donors (Lipinski definition) is 1. The third kappa shape index (κ3) is 4.02. The van der Waals surface area contributed by atoms with Crippen LogP contribution in [0.3, 0.4) is 0 Å². The van der Waals surface area contributed by atoms with Gasteiger partial charge in [-0.3, -0.25) is 0 Å². The number of nitrogens with one attached hydrogen (secondary N) is 1. The third-order valence-corrected chi connectivity index (χ3v) is 2.55. The van der Waals surface area contributed by atoms with Gasteiger partial charge < -0.3 is 10.1 Å². The van der Waals surface area contributed by atoms with Gasteiger partial charge in [-0.25, -0.2) is 0 Å². The lowest BCUT2D eigenvalue weighted by molar-refractivity contribution is 0.137. The van der Waals surface area contributed by atoms with Crippen LogP contribution in [0.15, 0.2) is 24.3 Å². The quantitative estimate of drug-likeness (QED) is 0.724. The molecule has 0 aliphatic heterocycles. The van der Waals surface area contributed by atoms with Gasteiger partial charge in [0.05, 0.1) is 0 Å². The molecule has 1 rings (SSSR count). The molecule has 0 fully saturated rings. The second-order valence-corrected chi connectivity index (χ2v) is 3.74. The SMILES string of the molecule is CCOCCC(NC)c1cccc(C)c1. The van der Waals surface area contributed by atoms with Crippen LogP contribution < -0.4 is 5.32 Å². The van der Waals surface area contributed by atoms with Crippen LogP contribution in [0.25, 0.3) is 0 Å². The Morgan fingerprint density at radius 3 is 2.80 bits per heavy atom. The van der Waals surface area contributed by atoms with E-state index in [1.807, 2.05) is 14.0 Å². The fraction of sp³-hybridized carbons (Fsp3) is 0.538. The molecule has 1 aromatic rings. The van der Waals surface area contributed by atoms with Gasteiger partial charge in [-0.15, -0.1) is 0 Å². The highest BCUT2D eigenvalue weighted by atomic mass is 16.5. The zero-order chi connectivity index (χ0) is 11.1. The van der Waals surface area contributed by atoms with Gasteiger partial charge >= 0.3 is 0 Å². The van der Waals surface area contributed by atoms with Crippen LogP contribution in [0.4, 0.5) is 0 Å². The van der Waals surface area contributed by atoms with Gasteiger partial charge in [-0.05, 0) is 32.9 Å². The smallest absolute Gasteiger partial charge is 0.0484 e.